The Morgan fingerprint density at radius 1 is 1.12 bits per heavy atom. The van der Waals surface area contributed by atoms with Crippen molar-refractivity contribution in [1.82, 2.24) is 10.4 Å². The summed E-state index contributed by atoms with van der Waals surface area (Å²) in [6.45, 7) is 1.15. The second kappa shape index (κ2) is 10.9. The molecular formula is C23H24ClN3O7. The topological polar surface area (TPSA) is 123 Å². The van der Waals surface area contributed by atoms with E-state index in [0.717, 1.165) is 5.01 Å². The van der Waals surface area contributed by atoms with Crippen LogP contribution in [0.3, 0.4) is 0 Å². The first kappa shape index (κ1) is 24.8. The van der Waals surface area contributed by atoms with Crippen molar-refractivity contribution in [3.05, 3.63) is 52.5 Å². The van der Waals surface area contributed by atoms with Crippen LogP contribution < -0.4 is 20.2 Å². The summed E-state index contributed by atoms with van der Waals surface area (Å²) < 4.78 is 15.4. The number of halogens is 1. The summed E-state index contributed by atoms with van der Waals surface area (Å²) in [5.74, 6) is -2.27. The first-order valence-corrected chi connectivity index (χ1v) is 10.7. The molecule has 34 heavy (non-hydrogen) atoms. The maximum atomic E-state index is 12.6. The van der Waals surface area contributed by atoms with Crippen LogP contribution in [0, 0.1) is 12.8 Å². The minimum absolute atomic E-state index is 0.0777. The van der Waals surface area contributed by atoms with Gasteiger partial charge in [-0.15, -0.1) is 0 Å². The van der Waals surface area contributed by atoms with Crippen LogP contribution in [0.2, 0.25) is 5.02 Å². The number of esters is 1. The van der Waals surface area contributed by atoms with Gasteiger partial charge in [-0.3, -0.25) is 29.6 Å². The minimum Gasteiger partial charge on any atom is -0.493 e. The third kappa shape index (κ3) is 5.76. The summed E-state index contributed by atoms with van der Waals surface area (Å²) in [6, 6.07) is 9.61. The lowest BCUT2D eigenvalue weighted by Gasteiger charge is -2.18. The largest absolute Gasteiger partial charge is 0.493 e. The average molecular weight is 490 g/mol. The fourth-order valence-corrected chi connectivity index (χ4v) is 3.50. The standard InChI is InChI=1S/C23H24ClN3O7/c1-13-16(24)5-4-6-17(13)25-20(28)12-34-23(31)15-10-21(29)27(11-15)26-22(30)14-7-8-18(32-2)19(9-14)33-3/h4-9,15H,10-12H2,1-3H3,(H,25,28)(H,26,30)/t15-/m1/s1. The molecule has 1 heterocycles. The highest BCUT2D eigenvalue weighted by Crippen LogP contribution is 2.28. The van der Waals surface area contributed by atoms with Crippen molar-refractivity contribution in [2.75, 3.05) is 32.7 Å². The van der Waals surface area contributed by atoms with Gasteiger partial charge in [-0.25, -0.2) is 0 Å². The first-order valence-electron chi connectivity index (χ1n) is 10.3. The van der Waals surface area contributed by atoms with Crippen molar-refractivity contribution in [3.63, 3.8) is 0 Å². The van der Waals surface area contributed by atoms with Crippen molar-refractivity contribution in [1.29, 1.82) is 0 Å². The summed E-state index contributed by atoms with van der Waals surface area (Å²) in [5, 5.41) is 4.17. The fourth-order valence-electron chi connectivity index (χ4n) is 3.32. The third-order valence-corrected chi connectivity index (χ3v) is 5.64. The summed E-state index contributed by atoms with van der Waals surface area (Å²) in [6.07, 6.45) is -0.153. The number of benzene rings is 2. The average Bonchev–Trinajstić information content (AvgIpc) is 3.20. The van der Waals surface area contributed by atoms with E-state index in [4.69, 9.17) is 25.8 Å². The quantitative estimate of drug-likeness (QED) is 0.545. The van der Waals surface area contributed by atoms with Crippen LogP contribution in [0.15, 0.2) is 36.4 Å². The monoisotopic (exact) mass is 489 g/mol. The van der Waals surface area contributed by atoms with Gasteiger partial charge < -0.3 is 19.5 Å². The fraction of sp³-hybridized carbons (Fsp3) is 0.304. The van der Waals surface area contributed by atoms with Gasteiger partial charge >= 0.3 is 5.97 Å². The lowest BCUT2D eigenvalue weighted by Crippen LogP contribution is -2.43. The number of methoxy groups -OCH3 is 2. The Hall–Kier alpha value is -3.79. The lowest BCUT2D eigenvalue weighted by molar-refractivity contribution is -0.151. The van der Waals surface area contributed by atoms with Gasteiger partial charge in [0.2, 0.25) is 5.91 Å². The van der Waals surface area contributed by atoms with Gasteiger partial charge in [-0.2, -0.15) is 0 Å². The van der Waals surface area contributed by atoms with Crippen LogP contribution in [0.1, 0.15) is 22.3 Å². The molecule has 180 valence electrons. The Morgan fingerprint density at radius 2 is 1.85 bits per heavy atom. The molecule has 0 aromatic heterocycles. The number of ether oxygens (including phenoxy) is 3. The molecule has 2 aromatic rings. The highest BCUT2D eigenvalue weighted by molar-refractivity contribution is 6.31. The molecule has 0 radical (unpaired) electrons. The van der Waals surface area contributed by atoms with Crippen molar-refractivity contribution < 1.29 is 33.4 Å². The second-order valence-electron chi connectivity index (χ2n) is 7.48. The third-order valence-electron chi connectivity index (χ3n) is 5.23. The van der Waals surface area contributed by atoms with Gasteiger partial charge in [0.1, 0.15) is 0 Å². The lowest BCUT2D eigenvalue weighted by atomic mass is 10.1. The summed E-state index contributed by atoms with van der Waals surface area (Å²) in [4.78, 5) is 49.4. The molecule has 2 N–H and O–H groups in total. The zero-order valence-corrected chi connectivity index (χ0v) is 19.6. The SMILES string of the molecule is COc1ccc(C(=O)NN2C[C@H](C(=O)OCC(=O)Nc3cccc(Cl)c3C)CC2=O)cc1OC. The van der Waals surface area contributed by atoms with E-state index in [1.165, 1.54) is 26.4 Å². The molecule has 0 bridgehead atoms. The molecule has 3 rings (SSSR count). The second-order valence-corrected chi connectivity index (χ2v) is 7.89. The predicted molar refractivity (Wildman–Crippen MR) is 123 cm³/mol. The van der Waals surface area contributed by atoms with Gasteiger partial charge in [0.15, 0.2) is 18.1 Å². The first-order chi connectivity index (χ1) is 16.2. The van der Waals surface area contributed by atoms with Gasteiger partial charge in [0.25, 0.3) is 11.8 Å². The Balaban J connectivity index is 1.52. The van der Waals surface area contributed by atoms with Crippen LogP contribution in [-0.2, 0) is 19.1 Å². The number of hydrazine groups is 1. The number of hydrogen-bond acceptors (Lipinski definition) is 7. The molecule has 1 aliphatic rings. The molecule has 1 aliphatic heterocycles. The zero-order chi connectivity index (χ0) is 24.8. The van der Waals surface area contributed by atoms with Crippen molar-refractivity contribution in [2.45, 2.75) is 13.3 Å². The molecule has 10 nitrogen and oxygen atoms in total. The molecule has 3 amide bonds. The van der Waals surface area contributed by atoms with Gasteiger partial charge in [0, 0.05) is 22.7 Å². The van der Waals surface area contributed by atoms with Crippen molar-refractivity contribution in [3.8, 4) is 11.5 Å². The van der Waals surface area contributed by atoms with E-state index in [1.807, 2.05) is 0 Å². The Kier molecular flexibility index (Phi) is 7.95. The molecule has 1 atom stereocenters. The maximum absolute atomic E-state index is 12.6. The van der Waals surface area contributed by atoms with E-state index >= 15 is 0 Å². The van der Waals surface area contributed by atoms with Crippen LogP contribution in [0.25, 0.3) is 0 Å². The number of anilines is 1. The number of amides is 3. The highest BCUT2D eigenvalue weighted by Gasteiger charge is 2.36. The molecule has 0 aliphatic carbocycles. The summed E-state index contributed by atoms with van der Waals surface area (Å²) >= 11 is 6.03. The molecule has 2 aromatic carbocycles. The van der Waals surface area contributed by atoms with Crippen LogP contribution in [0.5, 0.6) is 11.5 Å². The Bertz CT molecular complexity index is 1120. The summed E-state index contributed by atoms with van der Waals surface area (Å²) in [5.41, 5.74) is 3.91. The minimum atomic E-state index is -0.820. The van der Waals surface area contributed by atoms with Crippen LogP contribution in [0.4, 0.5) is 5.69 Å². The normalized spacial score (nSPS) is 15.0. The van der Waals surface area contributed by atoms with Crippen molar-refractivity contribution in [2.24, 2.45) is 5.92 Å². The van der Waals surface area contributed by atoms with E-state index in [9.17, 15) is 19.2 Å². The number of carbonyl (C=O) groups is 4. The molecule has 0 saturated carbocycles. The highest BCUT2D eigenvalue weighted by atomic mass is 35.5. The number of nitrogens with zero attached hydrogens (tertiary/aromatic N) is 1. The van der Waals surface area contributed by atoms with E-state index in [-0.39, 0.29) is 18.5 Å². The van der Waals surface area contributed by atoms with E-state index in [0.29, 0.717) is 27.8 Å². The number of nitrogens with one attached hydrogen (secondary N) is 2. The van der Waals surface area contributed by atoms with Gasteiger partial charge in [0.05, 0.1) is 26.7 Å². The number of rotatable bonds is 8. The maximum Gasteiger partial charge on any atom is 0.311 e. The molecule has 0 unspecified atom stereocenters. The molecular weight excluding hydrogens is 466 g/mol. The Morgan fingerprint density at radius 3 is 2.56 bits per heavy atom. The summed E-state index contributed by atoms with van der Waals surface area (Å²) in [7, 11) is 2.91. The number of carbonyl (C=O) groups excluding carboxylic acids is 4. The molecule has 11 heteroatoms. The predicted octanol–water partition coefficient (Wildman–Crippen LogP) is 2.34. The molecule has 1 saturated heterocycles. The van der Waals surface area contributed by atoms with Crippen LogP contribution in [-0.4, -0.2) is 56.1 Å². The molecule has 1 fully saturated rings. The molecule has 0 spiro atoms. The smallest absolute Gasteiger partial charge is 0.311 e. The van der Waals surface area contributed by atoms with Crippen molar-refractivity contribution >= 4 is 41.0 Å². The van der Waals surface area contributed by atoms with Gasteiger partial charge in [-0.1, -0.05) is 17.7 Å². The van der Waals surface area contributed by atoms with E-state index in [1.54, 1.807) is 31.2 Å². The number of hydrogen-bond donors (Lipinski definition) is 2. The van der Waals surface area contributed by atoms with Crippen LogP contribution >= 0.6 is 11.6 Å². The van der Waals surface area contributed by atoms with Gasteiger partial charge in [-0.05, 0) is 42.8 Å². The van der Waals surface area contributed by atoms with E-state index < -0.39 is 36.2 Å². The van der Waals surface area contributed by atoms with E-state index in [2.05, 4.69) is 10.7 Å². The zero-order valence-electron chi connectivity index (χ0n) is 18.8. The Labute approximate surface area is 201 Å².